The van der Waals surface area contributed by atoms with Gasteiger partial charge in [0.2, 0.25) is 5.88 Å². The Hall–Kier alpha value is -0.980. The molecule has 0 amide bonds. The van der Waals surface area contributed by atoms with Gasteiger partial charge in [-0.3, -0.25) is 9.78 Å². The first-order valence-corrected chi connectivity index (χ1v) is 3.29. The third-order valence-electron chi connectivity index (χ3n) is 0.724. The first-order valence-electron chi connectivity index (χ1n) is 2.41. The van der Waals surface area contributed by atoms with Crippen LogP contribution in [0.25, 0.3) is 0 Å². The van der Waals surface area contributed by atoms with Gasteiger partial charge in [0, 0.05) is 0 Å². The average Bonchev–Trinajstić information content (AvgIpc) is 2.10. The molecule has 1 rings (SSSR count). The van der Waals surface area contributed by atoms with E-state index >= 15 is 0 Å². The van der Waals surface area contributed by atoms with Crippen LogP contribution in [0.5, 0.6) is 5.88 Å². The monoisotopic (exact) mass is 185 g/mol. The molecular formula is C4H2F3NO2S. The maximum Gasteiger partial charge on any atom is 0.574 e. The number of aromatic nitrogens is 1. The highest BCUT2D eigenvalue weighted by Crippen LogP contribution is 2.20. The molecule has 1 heterocycles. The van der Waals surface area contributed by atoms with Crippen molar-refractivity contribution >= 4 is 11.3 Å². The zero-order chi connectivity index (χ0) is 8.48. The van der Waals surface area contributed by atoms with Crippen LogP contribution in [0.1, 0.15) is 0 Å². The molecule has 0 saturated carbocycles. The van der Waals surface area contributed by atoms with Crippen molar-refractivity contribution in [2.45, 2.75) is 6.36 Å². The second-order valence-corrected chi connectivity index (χ2v) is 2.40. The van der Waals surface area contributed by atoms with Crippen molar-refractivity contribution in [3.05, 3.63) is 15.0 Å². The molecular weight excluding hydrogens is 183 g/mol. The second-order valence-electron chi connectivity index (χ2n) is 1.56. The molecule has 3 nitrogen and oxygen atoms in total. The van der Waals surface area contributed by atoms with Crippen LogP contribution in [-0.4, -0.2) is 11.3 Å². The average molecular weight is 185 g/mol. The number of ether oxygens (including phenoxy) is 1. The van der Waals surface area contributed by atoms with Gasteiger partial charge in [-0.1, -0.05) is 11.3 Å². The molecule has 0 unspecified atom stereocenters. The number of thiazole rings is 1. The standard InChI is InChI=1S/C4H2F3NO2S/c5-4(6,7)10-2-1-11-3(9)8-2/h1H,(H,8,9). The van der Waals surface area contributed by atoms with E-state index in [4.69, 9.17) is 0 Å². The number of alkyl halides is 3. The number of hydrogen-bond donors (Lipinski definition) is 1. The molecule has 1 N–H and O–H groups in total. The molecule has 7 heteroatoms. The van der Waals surface area contributed by atoms with Crippen molar-refractivity contribution in [2.75, 3.05) is 0 Å². The summed E-state index contributed by atoms with van der Waals surface area (Å²) in [6, 6.07) is 0. The fourth-order valence-corrected chi connectivity index (χ4v) is 0.921. The van der Waals surface area contributed by atoms with Gasteiger partial charge in [-0.05, 0) is 0 Å². The molecule has 0 spiro atoms. The van der Waals surface area contributed by atoms with E-state index in [0.29, 0.717) is 11.3 Å². The summed E-state index contributed by atoms with van der Waals surface area (Å²) in [6.07, 6.45) is -4.75. The number of halogens is 3. The van der Waals surface area contributed by atoms with Crippen LogP contribution in [0.4, 0.5) is 13.2 Å². The summed E-state index contributed by atoms with van der Waals surface area (Å²) < 4.78 is 37.6. The predicted molar refractivity (Wildman–Crippen MR) is 31.6 cm³/mol. The van der Waals surface area contributed by atoms with E-state index in [0.717, 1.165) is 5.38 Å². The highest BCUT2D eigenvalue weighted by molar-refractivity contribution is 7.07. The third kappa shape index (κ3) is 2.62. The SMILES string of the molecule is O=c1[nH]c(OC(F)(F)F)cs1. The summed E-state index contributed by atoms with van der Waals surface area (Å²) in [5, 5.41) is 0.954. The molecule has 0 aromatic carbocycles. The minimum atomic E-state index is -4.75. The quantitative estimate of drug-likeness (QED) is 0.717. The van der Waals surface area contributed by atoms with Crippen LogP contribution in [0.15, 0.2) is 10.2 Å². The lowest BCUT2D eigenvalue weighted by atomic mass is 10.9. The van der Waals surface area contributed by atoms with Crippen molar-refractivity contribution in [3.63, 3.8) is 0 Å². The second kappa shape index (κ2) is 2.57. The smallest absolute Gasteiger partial charge is 0.389 e. The molecule has 0 saturated heterocycles. The third-order valence-corrected chi connectivity index (χ3v) is 1.37. The minimum absolute atomic E-state index is 0.576. The molecule has 0 fully saturated rings. The van der Waals surface area contributed by atoms with Gasteiger partial charge in [-0.15, -0.1) is 13.2 Å². The Morgan fingerprint density at radius 2 is 2.18 bits per heavy atom. The van der Waals surface area contributed by atoms with Gasteiger partial charge in [-0.2, -0.15) is 0 Å². The number of hydrogen-bond acceptors (Lipinski definition) is 3. The van der Waals surface area contributed by atoms with E-state index in [-0.39, 0.29) is 0 Å². The van der Waals surface area contributed by atoms with Gasteiger partial charge >= 0.3 is 11.2 Å². The van der Waals surface area contributed by atoms with E-state index in [1.54, 1.807) is 0 Å². The summed E-state index contributed by atoms with van der Waals surface area (Å²) >= 11 is 0.609. The van der Waals surface area contributed by atoms with Crippen molar-refractivity contribution in [1.29, 1.82) is 0 Å². The predicted octanol–water partition coefficient (Wildman–Crippen LogP) is 1.34. The summed E-state index contributed by atoms with van der Waals surface area (Å²) in [4.78, 5) is 11.6. The van der Waals surface area contributed by atoms with Crippen LogP contribution < -0.4 is 9.61 Å². The zero-order valence-corrected chi connectivity index (χ0v) is 5.75. The fraction of sp³-hybridized carbons (Fsp3) is 0.250. The molecule has 1 aromatic rings. The molecule has 0 aliphatic carbocycles. The van der Waals surface area contributed by atoms with Gasteiger partial charge in [0.05, 0.1) is 5.38 Å². The summed E-state index contributed by atoms with van der Waals surface area (Å²) in [6.45, 7) is 0. The Bertz CT molecular complexity index is 288. The highest BCUT2D eigenvalue weighted by Gasteiger charge is 2.31. The molecule has 0 atom stereocenters. The van der Waals surface area contributed by atoms with E-state index in [2.05, 4.69) is 4.74 Å². The lowest BCUT2D eigenvalue weighted by molar-refractivity contribution is -0.276. The Morgan fingerprint density at radius 3 is 2.55 bits per heavy atom. The molecule has 62 valence electrons. The lowest BCUT2D eigenvalue weighted by Crippen LogP contribution is -2.17. The number of aromatic amines is 1. The van der Waals surface area contributed by atoms with E-state index in [9.17, 15) is 18.0 Å². The van der Waals surface area contributed by atoms with Crippen LogP contribution in [-0.2, 0) is 0 Å². The van der Waals surface area contributed by atoms with Crippen LogP contribution in [0.3, 0.4) is 0 Å². The van der Waals surface area contributed by atoms with E-state index in [1.807, 2.05) is 4.98 Å². The van der Waals surface area contributed by atoms with Crippen molar-refractivity contribution in [2.24, 2.45) is 0 Å². The van der Waals surface area contributed by atoms with Gasteiger partial charge in [0.1, 0.15) is 0 Å². The van der Waals surface area contributed by atoms with Crippen LogP contribution >= 0.6 is 11.3 Å². The van der Waals surface area contributed by atoms with Gasteiger partial charge in [0.25, 0.3) is 0 Å². The zero-order valence-electron chi connectivity index (χ0n) is 4.94. The first-order chi connectivity index (χ1) is 4.97. The Morgan fingerprint density at radius 1 is 1.55 bits per heavy atom. The highest BCUT2D eigenvalue weighted by atomic mass is 32.1. The molecule has 0 radical (unpaired) electrons. The largest absolute Gasteiger partial charge is 0.574 e. The minimum Gasteiger partial charge on any atom is -0.389 e. The molecule has 11 heavy (non-hydrogen) atoms. The van der Waals surface area contributed by atoms with Crippen molar-refractivity contribution < 1.29 is 17.9 Å². The maximum absolute atomic E-state index is 11.4. The Kier molecular flexibility index (Phi) is 1.90. The van der Waals surface area contributed by atoms with Gasteiger partial charge < -0.3 is 4.74 Å². The van der Waals surface area contributed by atoms with Gasteiger partial charge in [0.15, 0.2) is 0 Å². The topological polar surface area (TPSA) is 42.1 Å². The maximum atomic E-state index is 11.4. The number of nitrogens with one attached hydrogen (secondary N) is 1. The van der Waals surface area contributed by atoms with Gasteiger partial charge in [-0.25, -0.2) is 0 Å². The Balaban J connectivity index is 2.73. The molecule has 0 bridgehead atoms. The molecule has 0 aliphatic heterocycles. The summed E-state index contributed by atoms with van der Waals surface area (Å²) in [5.41, 5.74) is 0. The summed E-state index contributed by atoms with van der Waals surface area (Å²) in [7, 11) is 0. The number of rotatable bonds is 1. The lowest BCUT2D eigenvalue weighted by Gasteiger charge is -2.04. The van der Waals surface area contributed by atoms with Crippen molar-refractivity contribution in [3.8, 4) is 5.88 Å². The number of H-pyrrole nitrogens is 1. The van der Waals surface area contributed by atoms with Crippen molar-refractivity contribution in [1.82, 2.24) is 4.98 Å². The molecule has 0 aliphatic rings. The fourth-order valence-electron chi connectivity index (χ4n) is 0.441. The van der Waals surface area contributed by atoms with E-state index < -0.39 is 17.1 Å². The van der Waals surface area contributed by atoms with Crippen LogP contribution in [0, 0.1) is 0 Å². The van der Waals surface area contributed by atoms with E-state index in [1.165, 1.54) is 0 Å². The Labute approximate surface area is 62.4 Å². The first kappa shape index (κ1) is 8.12. The van der Waals surface area contributed by atoms with Crippen LogP contribution in [0.2, 0.25) is 0 Å². The molecule has 1 aromatic heterocycles. The summed E-state index contributed by atoms with van der Waals surface area (Å²) in [5.74, 6) is -0.576. The normalized spacial score (nSPS) is 11.5.